The third kappa shape index (κ3) is 3.20. The van der Waals surface area contributed by atoms with Gasteiger partial charge in [0.1, 0.15) is 10.7 Å². The Morgan fingerprint density at radius 2 is 2.00 bits per heavy atom. The molecule has 0 radical (unpaired) electrons. The summed E-state index contributed by atoms with van der Waals surface area (Å²) in [5.74, 6) is 1.29. The molecule has 0 aliphatic carbocycles. The molecule has 88 valence electrons. The van der Waals surface area contributed by atoms with Crippen LogP contribution in [0.2, 0.25) is 0 Å². The maximum absolute atomic E-state index is 5.79. The number of hydrogen-bond donors (Lipinski definition) is 1. The minimum atomic E-state index is -0.606. The van der Waals surface area contributed by atoms with Gasteiger partial charge in [0.15, 0.2) is 5.60 Å². The van der Waals surface area contributed by atoms with E-state index in [1.54, 1.807) is 0 Å². The molecule has 16 heavy (non-hydrogen) atoms. The first kappa shape index (κ1) is 13.0. The predicted molar refractivity (Wildman–Crippen MR) is 72.0 cm³/mol. The van der Waals surface area contributed by atoms with Crippen molar-refractivity contribution in [3.63, 3.8) is 0 Å². The molecule has 0 saturated heterocycles. The van der Waals surface area contributed by atoms with Gasteiger partial charge >= 0.3 is 0 Å². The SMILES string of the molecule is CC(C)c1cccc(OC(C)(C)C(N)=S)c1. The minimum absolute atomic E-state index is 0.363. The van der Waals surface area contributed by atoms with Crippen LogP contribution in [-0.2, 0) is 0 Å². The molecule has 1 aromatic carbocycles. The highest BCUT2D eigenvalue weighted by Crippen LogP contribution is 2.23. The van der Waals surface area contributed by atoms with Crippen molar-refractivity contribution in [1.29, 1.82) is 0 Å². The van der Waals surface area contributed by atoms with E-state index >= 15 is 0 Å². The first-order valence-corrected chi connectivity index (χ1v) is 5.82. The lowest BCUT2D eigenvalue weighted by molar-refractivity contribution is 0.183. The fraction of sp³-hybridized carbons (Fsp3) is 0.462. The van der Waals surface area contributed by atoms with E-state index in [1.807, 2.05) is 32.0 Å². The molecular weight excluding hydrogens is 218 g/mol. The minimum Gasteiger partial charge on any atom is -0.481 e. The number of rotatable bonds is 4. The summed E-state index contributed by atoms with van der Waals surface area (Å²) in [5.41, 5.74) is 6.26. The second kappa shape index (κ2) is 4.83. The molecule has 0 heterocycles. The van der Waals surface area contributed by atoms with Gasteiger partial charge in [-0.2, -0.15) is 0 Å². The molecule has 0 atom stereocenters. The fourth-order valence-electron chi connectivity index (χ4n) is 1.28. The first-order valence-electron chi connectivity index (χ1n) is 5.42. The smallest absolute Gasteiger partial charge is 0.153 e. The summed E-state index contributed by atoms with van der Waals surface area (Å²) in [6.45, 7) is 8.05. The zero-order valence-corrected chi connectivity index (χ0v) is 11.1. The van der Waals surface area contributed by atoms with Crippen LogP contribution in [-0.4, -0.2) is 10.6 Å². The molecule has 2 nitrogen and oxygen atoms in total. The van der Waals surface area contributed by atoms with Gasteiger partial charge in [-0.1, -0.05) is 38.2 Å². The normalized spacial score (nSPS) is 11.6. The van der Waals surface area contributed by atoms with Crippen LogP contribution < -0.4 is 10.5 Å². The van der Waals surface area contributed by atoms with Gasteiger partial charge in [-0.15, -0.1) is 0 Å². The van der Waals surface area contributed by atoms with Crippen molar-refractivity contribution < 1.29 is 4.74 Å². The summed E-state index contributed by atoms with van der Waals surface area (Å²) in [6, 6.07) is 8.03. The maximum atomic E-state index is 5.79. The average Bonchev–Trinajstić information content (AvgIpc) is 2.17. The molecule has 3 heteroatoms. The lowest BCUT2D eigenvalue weighted by Crippen LogP contribution is -2.42. The Kier molecular flexibility index (Phi) is 3.92. The Balaban J connectivity index is 2.90. The number of nitrogens with two attached hydrogens (primary N) is 1. The van der Waals surface area contributed by atoms with Crippen molar-refractivity contribution in [1.82, 2.24) is 0 Å². The van der Waals surface area contributed by atoms with Crippen molar-refractivity contribution in [2.75, 3.05) is 0 Å². The van der Waals surface area contributed by atoms with E-state index < -0.39 is 5.60 Å². The molecule has 0 saturated carbocycles. The highest BCUT2D eigenvalue weighted by molar-refractivity contribution is 7.80. The second-order valence-corrected chi connectivity index (χ2v) is 5.14. The lowest BCUT2D eigenvalue weighted by atomic mass is 10.0. The quantitative estimate of drug-likeness (QED) is 0.816. The molecule has 1 rings (SSSR count). The molecule has 0 aromatic heterocycles. The standard InChI is InChI=1S/C13H19NOS/c1-9(2)10-6-5-7-11(8-10)15-13(3,4)12(14)16/h5-9H,1-4H3,(H2,14,16). The number of benzene rings is 1. The maximum Gasteiger partial charge on any atom is 0.153 e. The van der Waals surface area contributed by atoms with Crippen LogP contribution in [0.1, 0.15) is 39.2 Å². The van der Waals surface area contributed by atoms with Crippen molar-refractivity contribution in [2.24, 2.45) is 5.73 Å². The van der Waals surface area contributed by atoms with Crippen LogP contribution in [0.15, 0.2) is 24.3 Å². The lowest BCUT2D eigenvalue weighted by Gasteiger charge is -2.25. The molecule has 0 fully saturated rings. The molecule has 1 aromatic rings. The summed E-state index contributed by atoms with van der Waals surface area (Å²) < 4.78 is 5.79. The molecular formula is C13H19NOS. The Bertz CT molecular complexity index is 385. The monoisotopic (exact) mass is 237 g/mol. The van der Waals surface area contributed by atoms with Gasteiger partial charge in [0.05, 0.1) is 0 Å². The number of ether oxygens (including phenoxy) is 1. The van der Waals surface area contributed by atoms with Gasteiger partial charge in [0.2, 0.25) is 0 Å². The molecule has 0 bridgehead atoms. The van der Waals surface area contributed by atoms with E-state index in [0.29, 0.717) is 10.9 Å². The second-order valence-electron chi connectivity index (χ2n) is 4.70. The molecule has 0 amide bonds. The highest BCUT2D eigenvalue weighted by atomic mass is 32.1. The Morgan fingerprint density at radius 1 is 1.38 bits per heavy atom. The Labute approximate surface area is 103 Å². The number of hydrogen-bond acceptors (Lipinski definition) is 2. The summed E-state index contributed by atoms with van der Waals surface area (Å²) >= 11 is 4.97. The van der Waals surface area contributed by atoms with E-state index in [-0.39, 0.29) is 0 Å². The zero-order valence-electron chi connectivity index (χ0n) is 10.3. The third-order valence-electron chi connectivity index (χ3n) is 2.49. The summed E-state index contributed by atoms with van der Waals surface area (Å²) in [4.78, 5) is 0.363. The van der Waals surface area contributed by atoms with Crippen LogP contribution in [0.4, 0.5) is 0 Å². The van der Waals surface area contributed by atoms with Crippen molar-refractivity contribution in [3.05, 3.63) is 29.8 Å². The van der Waals surface area contributed by atoms with E-state index in [1.165, 1.54) is 5.56 Å². The van der Waals surface area contributed by atoms with Crippen molar-refractivity contribution in [3.8, 4) is 5.75 Å². The van der Waals surface area contributed by atoms with Crippen LogP contribution in [0, 0.1) is 0 Å². The van der Waals surface area contributed by atoms with Crippen LogP contribution >= 0.6 is 12.2 Å². The highest BCUT2D eigenvalue weighted by Gasteiger charge is 2.23. The van der Waals surface area contributed by atoms with Gasteiger partial charge in [0, 0.05) is 0 Å². The van der Waals surface area contributed by atoms with Gasteiger partial charge in [-0.25, -0.2) is 0 Å². The van der Waals surface area contributed by atoms with E-state index in [2.05, 4.69) is 19.9 Å². The van der Waals surface area contributed by atoms with Crippen molar-refractivity contribution in [2.45, 2.75) is 39.2 Å². The van der Waals surface area contributed by atoms with E-state index in [9.17, 15) is 0 Å². The van der Waals surface area contributed by atoms with Gasteiger partial charge in [-0.3, -0.25) is 0 Å². The van der Waals surface area contributed by atoms with Gasteiger partial charge in [0.25, 0.3) is 0 Å². The summed E-state index contributed by atoms with van der Waals surface area (Å²) in [7, 11) is 0. The van der Waals surface area contributed by atoms with Gasteiger partial charge in [-0.05, 0) is 37.5 Å². The topological polar surface area (TPSA) is 35.2 Å². The van der Waals surface area contributed by atoms with Gasteiger partial charge < -0.3 is 10.5 Å². The average molecular weight is 237 g/mol. The third-order valence-corrected chi connectivity index (χ3v) is 2.98. The molecule has 0 aliphatic heterocycles. The summed E-state index contributed by atoms with van der Waals surface area (Å²) in [5, 5.41) is 0. The molecule has 2 N–H and O–H groups in total. The zero-order chi connectivity index (χ0) is 12.3. The predicted octanol–water partition coefficient (Wildman–Crippen LogP) is 3.25. The Hall–Kier alpha value is -1.09. The molecule has 0 unspecified atom stereocenters. The first-order chi connectivity index (χ1) is 7.33. The fourth-order valence-corrected chi connectivity index (χ4v) is 1.32. The number of thiocarbonyl (C=S) groups is 1. The van der Waals surface area contributed by atoms with E-state index in [4.69, 9.17) is 22.7 Å². The van der Waals surface area contributed by atoms with Crippen LogP contribution in [0.3, 0.4) is 0 Å². The molecule has 0 aliphatic rings. The molecule has 0 spiro atoms. The van der Waals surface area contributed by atoms with Crippen LogP contribution in [0.5, 0.6) is 5.75 Å². The Morgan fingerprint density at radius 3 is 2.50 bits per heavy atom. The summed E-state index contributed by atoms with van der Waals surface area (Å²) in [6.07, 6.45) is 0. The van der Waals surface area contributed by atoms with Crippen LogP contribution in [0.25, 0.3) is 0 Å². The largest absolute Gasteiger partial charge is 0.481 e. The van der Waals surface area contributed by atoms with Crippen molar-refractivity contribution >= 4 is 17.2 Å². The van der Waals surface area contributed by atoms with E-state index in [0.717, 1.165) is 5.75 Å².